The van der Waals surface area contributed by atoms with Gasteiger partial charge in [0, 0.05) is 24.1 Å². The first-order valence-electron chi connectivity index (χ1n) is 8.07. The molecule has 1 saturated heterocycles. The molecule has 1 aliphatic heterocycles. The highest BCUT2D eigenvalue weighted by Crippen LogP contribution is 2.27. The molecule has 0 aliphatic carbocycles. The average Bonchev–Trinajstić information content (AvgIpc) is 2.55. The molecule has 0 bridgehead atoms. The highest BCUT2D eigenvalue weighted by Gasteiger charge is 2.35. The summed E-state index contributed by atoms with van der Waals surface area (Å²) >= 11 is 9.07. The maximum absolute atomic E-state index is 14.2. The lowest BCUT2D eigenvalue weighted by atomic mass is 10.1. The molecule has 144 valence electrons. The number of aliphatic hydroxyl groups excluding tert-OH is 1. The summed E-state index contributed by atoms with van der Waals surface area (Å²) < 4.78 is 19.8. The van der Waals surface area contributed by atoms with Gasteiger partial charge in [-0.25, -0.2) is 9.18 Å². The van der Waals surface area contributed by atoms with Crippen molar-refractivity contribution in [2.75, 3.05) is 26.2 Å². The van der Waals surface area contributed by atoms with E-state index in [1.165, 1.54) is 15.9 Å². The number of carbonyl (C=O) groups is 2. The molecule has 0 radical (unpaired) electrons. The van der Waals surface area contributed by atoms with Crippen LogP contribution in [-0.4, -0.2) is 64.8 Å². The number of carbonyl (C=O) groups excluding carboxylic acids is 2. The summed E-state index contributed by atoms with van der Waals surface area (Å²) in [5.74, 6) is -1.29. The summed E-state index contributed by atoms with van der Waals surface area (Å²) in [5, 5.41) is 9.87. The molecule has 9 heteroatoms. The zero-order valence-electron chi connectivity index (χ0n) is 14.8. The molecule has 0 spiro atoms. The predicted octanol–water partition coefficient (Wildman–Crippen LogP) is 3.30. The van der Waals surface area contributed by atoms with E-state index in [2.05, 4.69) is 15.9 Å². The molecule has 1 aliphatic rings. The third-order valence-corrected chi connectivity index (χ3v) is 5.04. The van der Waals surface area contributed by atoms with Crippen LogP contribution in [0.5, 0.6) is 0 Å². The second-order valence-electron chi connectivity index (χ2n) is 7.01. The number of benzene rings is 1. The molecule has 1 atom stereocenters. The fraction of sp³-hybridized carbons (Fsp3) is 0.529. The zero-order valence-corrected chi connectivity index (χ0v) is 17.1. The van der Waals surface area contributed by atoms with Gasteiger partial charge in [-0.2, -0.15) is 0 Å². The van der Waals surface area contributed by atoms with Crippen LogP contribution < -0.4 is 0 Å². The van der Waals surface area contributed by atoms with Crippen molar-refractivity contribution in [1.82, 2.24) is 9.80 Å². The van der Waals surface area contributed by atoms with E-state index in [1.807, 2.05) is 0 Å². The number of hydrogen-bond donors (Lipinski definition) is 1. The Morgan fingerprint density at radius 3 is 2.62 bits per heavy atom. The van der Waals surface area contributed by atoms with Crippen LogP contribution >= 0.6 is 27.5 Å². The molecular weight excluding hydrogens is 431 g/mol. The molecule has 1 aromatic rings. The average molecular weight is 452 g/mol. The van der Waals surface area contributed by atoms with Gasteiger partial charge < -0.3 is 19.6 Å². The van der Waals surface area contributed by atoms with Crippen molar-refractivity contribution in [3.8, 4) is 0 Å². The van der Waals surface area contributed by atoms with Gasteiger partial charge in [-0.15, -0.1) is 0 Å². The minimum Gasteiger partial charge on any atom is -0.444 e. The van der Waals surface area contributed by atoms with Gasteiger partial charge in [0.05, 0.1) is 23.2 Å². The molecule has 0 aromatic heterocycles. The maximum Gasteiger partial charge on any atom is 0.410 e. The van der Waals surface area contributed by atoms with E-state index in [1.54, 1.807) is 20.8 Å². The van der Waals surface area contributed by atoms with Gasteiger partial charge in [-0.1, -0.05) is 11.6 Å². The van der Waals surface area contributed by atoms with E-state index in [-0.39, 0.29) is 36.8 Å². The van der Waals surface area contributed by atoms with Gasteiger partial charge >= 0.3 is 6.09 Å². The normalized spacial score (nSPS) is 18.0. The number of piperazine rings is 1. The van der Waals surface area contributed by atoms with Crippen LogP contribution in [0.15, 0.2) is 16.6 Å². The van der Waals surface area contributed by atoms with Crippen LogP contribution in [0.4, 0.5) is 9.18 Å². The molecule has 2 rings (SSSR count). The molecule has 1 fully saturated rings. The minimum absolute atomic E-state index is 0.100. The number of aliphatic hydroxyl groups is 1. The molecular formula is C17H21BrClFN2O4. The number of nitrogens with zero attached hydrogens (tertiary/aromatic N) is 2. The van der Waals surface area contributed by atoms with Crippen LogP contribution in [-0.2, 0) is 4.74 Å². The lowest BCUT2D eigenvalue weighted by molar-refractivity contribution is -0.00255. The van der Waals surface area contributed by atoms with Crippen molar-refractivity contribution in [3.05, 3.63) is 33.0 Å². The SMILES string of the molecule is CC(C)(C)OC(=O)N1CCN(C(=O)c2cc(Cl)c(Br)cc2F)[C@H](CO)C1. The largest absolute Gasteiger partial charge is 0.444 e. The van der Waals surface area contributed by atoms with Crippen LogP contribution in [0.2, 0.25) is 5.02 Å². The van der Waals surface area contributed by atoms with Crippen molar-refractivity contribution in [1.29, 1.82) is 0 Å². The Morgan fingerprint density at radius 2 is 2.04 bits per heavy atom. The molecule has 6 nitrogen and oxygen atoms in total. The van der Waals surface area contributed by atoms with E-state index in [0.717, 1.165) is 6.07 Å². The Labute approximate surface area is 165 Å². The molecule has 26 heavy (non-hydrogen) atoms. The van der Waals surface area contributed by atoms with Crippen LogP contribution in [0, 0.1) is 5.82 Å². The third kappa shape index (κ3) is 4.86. The Morgan fingerprint density at radius 1 is 1.38 bits per heavy atom. The van der Waals surface area contributed by atoms with Gasteiger partial charge in [-0.05, 0) is 48.8 Å². The summed E-state index contributed by atoms with van der Waals surface area (Å²) in [6.45, 7) is 5.39. The van der Waals surface area contributed by atoms with Gasteiger partial charge in [0.1, 0.15) is 11.4 Å². The molecule has 0 saturated carbocycles. The number of rotatable bonds is 2. The van der Waals surface area contributed by atoms with E-state index in [9.17, 15) is 19.1 Å². The van der Waals surface area contributed by atoms with Crippen LogP contribution in [0.1, 0.15) is 31.1 Å². The van der Waals surface area contributed by atoms with Gasteiger partial charge in [0.15, 0.2) is 0 Å². The first-order valence-corrected chi connectivity index (χ1v) is 9.25. The standard InChI is InChI=1S/C17H21BrClFN2O4/c1-17(2,3)26-16(25)21-4-5-22(10(8-21)9-23)15(24)11-6-13(19)12(18)7-14(11)20/h6-7,10,23H,4-5,8-9H2,1-3H3/t10-/m0/s1. The Balaban J connectivity index is 2.16. The van der Waals surface area contributed by atoms with Gasteiger partial charge in [0.25, 0.3) is 5.91 Å². The van der Waals surface area contributed by atoms with E-state index < -0.39 is 29.5 Å². The minimum atomic E-state index is -0.711. The summed E-state index contributed by atoms with van der Waals surface area (Å²) in [6.07, 6.45) is -0.513. The lowest BCUT2D eigenvalue weighted by Gasteiger charge is -2.41. The van der Waals surface area contributed by atoms with E-state index >= 15 is 0 Å². The number of ether oxygens (including phenoxy) is 1. The first-order chi connectivity index (χ1) is 12.0. The molecule has 1 N–H and O–H groups in total. The van der Waals surface area contributed by atoms with E-state index in [4.69, 9.17) is 16.3 Å². The molecule has 2 amide bonds. The quantitative estimate of drug-likeness (QED) is 0.701. The number of amides is 2. The van der Waals surface area contributed by atoms with Gasteiger partial charge in [0.2, 0.25) is 0 Å². The predicted molar refractivity (Wildman–Crippen MR) is 98.8 cm³/mol. The molecule has 1 aromatic carbocycles. The number of hydrogen-bond acceptors (Lipinski definition) is 4. The Bertz CT molecular complexity index is 711. The summed E-state index contributed by atoms with van der Waals surface area (Å²) in [5.41, 5.74) is -0.821. The monoisotopic (exact) mass is 450 g/mol. The van der Waals surface area contributed by atoms with Crippen LogP contribution in [0.25, 0.3) is 0 Å². The third-order valence-electron chi connectivity index (χ3n) is 3.85. The first kappa shape index (κ1) is 20.9. The maximum atomic E-state index is 14.2. The second kappa shape index (κ2) is 8.10. The molecule has 0 unspecified atom stereocenters. The Kier molecular flexibility index (Phi) is 6.52. The van der Waals surface area contributed by atoms with Crippen molar-refractivity contribution >= 4 is 39.5 Å². The van der Waals surface area contributed by atoms with Crippen molar-refractivity contribution in [2.24, 2.45) is 0 Å². The van der Waals surface area contributed by atoms with E-state index in [0.29, 0.717) is 4.47 Å². The highest BCUT2D eigenvalue weighted by atomic mass is 79.9. The number of halogens is 3. The summed E-state index contributed by atoms with van der Waals surface area (Å²) in [6, 6.07) is 1.71. The van der Waals surface area contributed by atoms with Crippen molar-refractivity contribution < 1.29 is 23.8 Å². The van der Waals surface area contributed by atoms with Crippen molar-refractivity contribution in [2.45, 2.75) is 32.4 Å². The fourth-order valence-corrected chi connectivity index (χ4v) is 3.09. The summed E-state index contributed by atoms with van der Waals surface area (Å²) in [4.78, 5) is 27.7. The second-order valence-corrected chi connectivity index (χ2v) is 8.27. The summed E-state index contributed by atoms with van der Waals surface area (Å²) in [7, 11) is 0. The van der Waals surface area contributed by atoms with Crippen molar-refractivity contribution in [3.63, 3.8) is 0 Å². The van der Waals surface area contributed by atoms with Gasteiger partial charge in [-0.3, -0.25) is 4.79 Å². The zero-order chi connectivity index (χ0) is 19.6. The lowest BCUT2D eigenvalue weighted by Crippen LogP contribution is -2.58. The topological polar surface area (TPSA) is 70.1 Å². The van der Waals surface area contributed by atoms with Crippen LogP contribution in [0.3, 0.4) is 0 Å². The Hall–Kier alpha value is -1.38. The highest BCUT2D eigenvalue weighted by molar-refractivity contribution is 9.10. The smallest absolute Gasteiger partial charge is 0.410 e. The molecule has 1 heterocycles. The fourth-order valence-electron chi connectivity index (χ4n) is 2.61.